The molecule has 1 aliphatic heterocycles. The summed E-state index contributed by atoms with van der Waals surface area (Å²) in [5.41, 5.74) is 0. The first-order valence-electron chi connectivity index (χ1n) is 6.70. The molecule has 0 aromatic heterocycles. The van der Waals surface area contributed by atoms with Crippen LogP contribution in [0.3, 0.4) is 0 Å². The third-order valence-corrected chi connectivity index (χ3v) is 3.33. The van der Waals surface area contributed by atoms with Crippen molar-refractivity contribution < 1.29 is 9.90 Å². The van der Waals surface area contributed by atoms with Crippen molar-refractivity contribution in [1.29, 1.82) is 0 Å². The van der Waals surface area contributed by atoms with Crippen LogP contribution in [0.15, 0.2) is 0 Å². The lowest BCUT2D eigenvalue weighted by Gasteiger charge is -2.34. The summed E-state index contributed by atoms with van der Waals surface area (Å²) in [6.45, 7) is 8.53. The Hall–Kier alpha value is -0.610. The molecule has 17 heavy (non-hydrogen) atoms. The Morgan fingerprint density at radius 3 is 2.82 bits per heavy atom. The van der Waals surface area contributed by atoms with Crippen molar-refractivity contribution in [2.75, 3.05) is 19.6 Å². The fourth-order valence-electron chi connectivity index (χ4n) is 2.15. The summed E-state index contributed by atoms with van der Waals surface area (Å²) in [4.78, 5) is 13.8. The van der Waals surface area contributed by atoms with Crippen LogP contribution < -0.4 is 5.32 Å². The number of hydrogen-bond donors (Lipinski definition) is 2. The van der Waals surface area contributed by atoms with E-state index in [1.165, 1.54) is 0 Å². The van der Waals surface area contributed by atoms with Gasteiger partial charge in [0.05, 0.1) is 6.10 Å². The molecular weight excluding hydrogens is 216 g/mol. The molecule has 1 saturated heterocycles. The predicted octanol–water partition coefficient (Wildman–Crippen LogP) is 0.994. The largest absolute Gasteiger partial charge is 0.393 e. The highest BCUT2D eigenvalue weighted by molar-refractivity contribution is 5.76. The Morgan fingerprint density at radius 2 is 2.24 bits per heavy atom. The first-order chi connectivity index (χ1) is 8.00. The van der Waals surface area contributed by atoms with Crippen LogP contribution in [0, 0.1) is 5.92 Å². The van der Waals surface area contributed by atoms with Gasteiger partial charge in [-0.15, -0.1) is 0 Å². The summed E-state index contributed by atoms with van der Waals surface area (Å²) in [6, 6.07) is 0.482. The van der Waals surface area contributed by atoms with E-state index >= 15 is 0 Å². The summed E-state index contributed by atoms with van der Waals surface area (Å²) in [7, 11) is 0. The molecule has 1 aliphatic rings. The summed E-state index contributed by atoms with van der Waals surface area (Å²) >= 11 is 0. The molecule has 2 unspecified atom stereocenters. The lowest BCUT2D eigenvalue weighted by atomic mass is 9.96. The Bertz CT molecular complexity index is 244. The van der Waals surface area contributed by atoms with E-state index in [0.717, 1.165) is 19.4 Å². The maximum Gasteiger partial charge on any atom is 0.222 e. The minimum absolute atomic E-state index is 0.210. The molecule has 4 nitrogen and oxygen atoms in total. The number of carbonyl (C=O) groups excluding carboxylic acids is 1. The second kappa shape index (κ2) is 6.97. The number of aliphatic hydroxyl groups excluding tert-OH is 1. The standard InChI is InChI=1S/C13H26N2O2/c1-10(2)14-7-4-5-13(17)15-8-6-12(16)11(3)9-15/h10-12,14,16H,4-9H2,1-3H3. The molecular formula is C13H26N2O2. The first-order valence-corrected chi connectivity index (χ1v) is 6.70. The number of nitrogens with one attached hydrogen (secondary N) is 1. The lowest BCUT2D eigenvalue weighted by molar-refractivity contribution is -0.134. The maximum absolute atomic E-state index is 11.9. The van der Waals surface area contributed by atoms with Crippen LogP contribution >= 0.6 is 0 Å². The van der Waals surface area contributed by atoms with E-state index in [-0.39, 0.29) is 17.9 Å². The van der Waals surface area contributed by atoms with Crippen molar-refractivity contribution in [2.24, 2.45) is 5.92 Å². The fourth-order valence-corrected chi connectivity index (χ4v) is 2.15. The third-order valence-electron chi connectivity index (χ3n) is 3.33. The van der Waals surface area contributed by atoms with E-state index in [1.807, 2.05) is 11.8 Å². The Balaban J connectivity index is 2.19. The molecule has 2 N–H and O–H groups in total. The van der Waals surface area contributed by atoms with Crippen LogP contribution in [0.5, 0.6) is 0 Å². The monoisotopic (exact) mass is 242 g/mol. The van der Waals surface area contributed by atoms with Crippen LogP contribution in [0.2, 0.25) is 0 Å². The molecule has 0 spiro atoms. The van der Waals surface area contributed by atoms with Gasteiger partial charge in [0.25, 0.3) is 0 Å². The maximum atomic E-state index is 11.9. The van der Waals surface area contributed by atoms with Gasteiger partial charge in [0, 0.05) is 25.6 Å². The highest BCUT2D eigenvalue weighted by Crippen LogP contribution is 2.17. The molecule has 1 heterocycles. The minimum atomic E-state index is -0.235. The average molecular weight is 242 g/mol. The molecule has 0 aliphatic carbocycles. The van der Waals surface area contributed by atoms with Gasteiger partial charge < -0.3 is 15.3 Å². The quantitative estimate of drug-likeness (QED) is 0.707. The van der Waals surface area contributed by atoms with Crippen molar-refractivity contribution in [3.63, 3.8) is 0 Å². The van der Waals surface area contributed by atoms with Crippen molar-refractivity contribution in [2.45, 2.75) is 52.2 Å². The van der Waals surface area contributed by atoms with E-state index in [0.29, 0.717) is 25.6 Å². The van der Waals surface area contributed by atoms with E-state index < -0.39 is 0 Å². The number of nitrogens with zero attached hydrogens (tertiary/aromatic N) is 1. The second-order valence-electron chi connectivity index (χ2n) is 5.39. The molecule has 0 aromatic rings. The molecule has 1 rings (SSSR count). The van der Waals surface area contributed by atoms with Crippen molar-refractivity contribution in [3.8, 4) is 0 Å². The van der Waals surface area contributed by atoms with Gasteiger partial charge in [0.15, 0.2) is 0 Å². The number of rotatable bonds is 5. The second-order valence-corrected chi connectivity index (χ2v) is 5.39. The number of hydrogen-bond acceptors (Lipinski definition) is 3. The number of carbonyl (C=O) groups is 1. The van der Waals surface area contributed by atoms with Gasteiger partial charge in [-0.25, -0.2) is 0 Å². The van der Waals surface area contributed by atoms with Crippen LogP contribution in [0.4, 0.5) is 0 Å². The van der Waals surface area contributed by atoms with Gasteiger partial charge in [-0.2, -0.15) is 0 Å². The van der Waals surface area contributed by atoms with Crippen LogP contribution in [-0.2, 0) is 4.79 Å². The highest BCUT2D eigenvalue weighted by Gasteiger charge is 2.26. The SMILES string of the molecule is CC(C)NCCCC(=O)N1CCC(O)C(C)C1. The lowest BCUT2D eigenvalue weighted by Crippen LogP contribution is -2.45. The zero-order chi connectivity index (χ0) is 12.8. The Kier molecular flexibility index (Phi) is 5.92. The summed E-state index contributed by atoms with van der Waals surface area (Å²) in [5, 5.41) is 12.9. The number of piperidine rings is 1. The van der Waals surface area contributed by atoms with E-state index in [1.54, 1.807) is 0 Å². The zero-order valence-electron chi connectivity index (χ0n) is 11.3. The third kappa shape index (κ3) is 5.04. The van der Waals surface area contributed by atoms with Gasteiger partial charge in [0.1, 0.15) is 0 Å². The fraction of sp³-hybridized carbons (Fsp3) is 0.923. The molecule has 0 bridgehead atoms. The number of likely N-dealkylation sites (tertiary alicyclic amines) is 1. The molecule has 0 aromatic carbocycles. The van der Waals surface area contributed by atoms with E-state index in [9.17, 15) is 9.90 Å². The molecule has 1 amide bonds. The van der Waals surface area contributed by atoms with Gasteiger partial charge >= 0.3 is 0 Å². The Labute approximate surface area is 104 Å². The first kappa shape index (κ1) is 14.5. The van der Waals surface area contributed by atoms with Gasteiger partial charge in [-0.05, 0) is 25.3 Å². The predicted molar refractivity (Wildman–Crippen MR) is 68.7 cm³/mol. The zero-order valence-corrected chi connectivity index (χ0v) is 11.3. The highest BCUT2D eigenvalue weighted by atomic mass is 16.3. The number of amides is 1. The van der Waals surface area contributed by atoms with Crippen LogP contribution in [0.25, 0.3) is 0 Å². The van der Waals surface area contributed by atoms with E-state index in [2.05, 4.69) is 19.2 Å². The molecule has 2 atom stereocenters. The van der Waals surface area contributed by atoms with Crippen molar-refractivity contribution in [3.05, 3.63) is 0 Å². The van der Waals surface area contributed by atoms with Gasteiger partial charge in [-0.3, -0.25) is 4.79 Å². The summed E-state index contributed by atoms with van der Waals surface area (Å²) in [6.07, 6.45) is 1.99. The molecule has 0 radical (unpaired) electrons. The number of aliphatic hydroxyl groups is 1. The molecule has 4 heteroatoms. The molecule has 0 saturated carbocycles. The van der Waals surface area contributed by atoms with Gasteiger partial charge in [0.2, 0.25) is 5.91 Å². The van der Waals surface area contributed by atoms with Gasteiger partial charge in [-0.1, -0.05) is 20.8 Å². The molecule has 100 valence electrons. The topological polar surface area (TPSA) is 52.6 Å². The smallest absolute Gasteiger partial charge is 0.222 e. The van der Waals surface area contributed by atoms with Crippen LogP contribution in [0.1, 0.15) is 40.0 Å². The van der Waals surface area contributed by atoms with E-state index in [4.69, 9.17) is 0 Å². The summed E-state index contributed by atoms with van der Waals surface area (Å²) < 4.78 is 0. The van der Waals surface area contributed by atoms with Crippen molar-refractivity contribution in [1.82, 2.24) is 10.2 Å². The average Bonchev–Trinajstić information content (AvgIpc) is 2.27. The summed E-state index contributed by atoms with van der Waals surface area (Å²) in [5.74, 6) is 0.441. The molecule has 1 fully saturated rings. The van der Waals surface area contributed by atoms with Crippen molar-refractivity contribution >= 4 is 5.91 Å². The van der Waals surface area contributed by atoms with Crippen LogP contribution in [-0.4, -0.2) is 47.7 Å². The minimum Gasteiger partial charge on any atom is -0.393 e. The normalized spacial score (nSPS) is 25.4. The Morgan fingerprint density at radius 1 is 1.53 bits per heavy atom.